The molecule has 0 radical (unpaired) electrons. The quantitative estimate of drug-likeness (QED) is 0.771. The fraction of sp³-hybridized carbons (Fsp3) is 0.588. The van der Waals surface area contributed by atoms with Crippen molar-refractivity contribution in [2.75, 3.05) is 7.11 Å². The fourth-order valence-corrected chi connectivity index (χ4v) is 2.63. The van der Waals surface area contributed by atoms with Gasteiger partial charge in [-0.15, -0.1) is 0 Å². The highest BCUT2D eigenvalue weighted by atomic mass is 19.1. The second-order valence-electron chi connectivity index (χ2n) is 6.76. The van der Waals surface area contributed by atoms with Crippen molar-refractivity contribution < 1.29 is 13.9 Å². The molecule has 1 atom stereocenters. The maximum Gasteiger partial charge on any atom is 0.165 e. The first-order valence-electron chi connectivity index (χ1n) is 7.05. The second kappa shape index (κ2) is 6.87. The molecule has 0 spiro atoms. The summed E-state index contributed by atoms with van der Waals surface area (Å²) in [6.45, 7) is 8.62. The van der Waals surface area contributed by atoms with Gasteiger partial charge in [-0.3, -0.25) is 4.79 Å². The molecule has 0 heterocycles. The predicted octanol–water partition coefficient (Wildman–Crippen LogP) is 4.41. The number of carbonyl (C=O) groups is 1. The van der Waals surface area contributed by atoms with Crippen molar-refractivity contribution in [1.82, 2.24) is 0 Å². The van der Waals surface area contributed by atoms with Crippen LogP contribution in [-0.2, 0) is 11.2 Å². The lowest BCUT2D eigenvalue weighted by molar-refractivity contribution is -0.119. The molecular weight excluding hydrogens is 255 g/mol. The molecular formula is C17H25FO2. The van der Waals surface area contributed by atoms with Gasteiger partial charge in [0.1, 0.15) is 5.78 Å². The molecule has 0 aliphatic heterocycles. The van der Waals surface area contributed by atoms with Gasteiger partial charge in [0.05, 0.1) is 7.11 Å². The van der Waals surface area contributed by atoms with E-state index in [2.05, 4.69) is 27.7 Å². The van der Waals surface area contributed by atoms with E-state index in [0.29, 0.717) is 17.9 Å². The Hall–Kier alpha value is -1.38. The summed E-state index contributed by atoms with van der Waals surface area (Å²) in [5, 5.41) is 0. The molecule has 0 N–H and O–H groups in total. The Morgan fingerprint density at radius 2 is 2.00 bits per heavy atom. The third kappa shape index (κ3) is 5.72. The summed E-state index contributed by atoms with van der Waals surface area (Å²) in [7, 11) is 1.43. The van der Waals surface area contributed by atoms with E-state index in [4.69, 9.17) is 4.74 Å². The van der Waals surface area contributed by atoms with Gasteiger partial charge >= 0.3 is 0 Å². The zero-order chi connectivity index (χ0) is 15.3. The molecule has 3 heteroatoms. The van der Waals surface area contributed by atoms with E-state index in [1.807, 2.05) is 0 Å². The van der Waals surface area contributed by atoms with Crippen molar-refractivity contribution in [2.45, 2.75) is 47.0 Å². The topological polar surface area (TPSA) is 26.3 Å². The molecule has 0 amide bonds. The molecule has 0 aliphatic carbocycles. The minimum Gasteiger partial charge on any atom is -0.494 e. The lowest BCUT2D eigenvalue weighted by Gasteiger charge is -2.22. The minimum absolute atomic E-state index is 0.159. The largest absolute Gasteiger partial charge is 0.494 e. The summed E-state index contributed by atoms with van der Waals surface area (Å²) in [4.78, 5) is 12.0. The van der Waals surface area contributed by atoms with Crippen molar-refractivity contribution in [3.05, 3.63) is 29.6 Å². The van der Waals surface area contributed by atoms with E-state index < -0.39 is 5.82 Å². The lowest BCUT2D eigenvalue weighted by Crippen LogP contribution is -2.15. The average Bonchev–Trinajstić information content (AvgIpc) is 2.25. The van der Waals surface area contributed by atoms with Gasteiger partial charge in [0.15, 0.2) is 11.6 Å². The number of hydrogen-bond donors (Lipinski definition) is 0. The van der Waals surface area contributed by atoms with Gasteiger partial charge in [-0.2, -0.15) is 0 Å². The first-order valence-corrected chi connectivity index (χ1v) is 7.05. The SMILES string of the molecule is COc1ccc(CC(=O)CC(C)CC(C)(C)C)cc1F. The zero-order valence-corrected chi connectivity index (χ0v) is 13.1. The standard InChI is InChI=1S/C17H25FO2/c1-12(11-17(2,3)4)8-14(19)9-13-6-7-16(20-5)15(18)10-13/h6-7,10,12H,8-9,11H2,1-5H3. The Morgan fingerprint density at radius 1 is 1.35 bits per heavy atom. The van der Waals surface area contributed by atoms with Crippen LogP contribution in [0.15, 0.2) is 18.2 Å². The summed E-state index contributed by atoms with van der Waals surface area (Å²) in [5.74, 6) is 0.305. The highest BCUT2D eigenvalue weighted by Gasteiger charge is 2.18. The number of hydrogen-bond acceptors (Lipinski definition) is 2. The van der Waals surface area contributed by atoms with E-state index in [9.17, 15) is 9.18 Å². The van der Waals surface area contributed by atoms with Crippen LogP contribution in [0.5, 0.6) is 5.75 Å². The Kier molecular flexibility index (Phi) is 5.73. The molecule has 1 aromatic carbocycles. The average molecular weight is 280 g/mol. The minimum atomic E-state index is -0.416. The molecule has 0 saturated heterocycles. The van der Waals surface area contributed by atoms with Crippen LogP contribution in [0.2, 0.25) is 0 Å². The van der Waals surface area contributed by atoms with Crippen molar-refractivity contribution in [1.29, 1.82) is 0 Å². The van der Waals surface area contributed by atoms with Gasteiger partial charge in [-0.1, -0.05) is 33.8 Å². The van der Waals surface area contributed by atoms with Crippen LogP contribution < -0.4 is 4.74 Å². The molecule has 0 fully saturated rings. The first kappa shape index (κ1) is 16.7. The number of ketones is 1. The second-order valence-corrected chi connectivity index (χ2v) is 6.76. The number of carbonyl (C=O) groups excluding carboxylic acids is 1. The number of ether oxygens (including phenoxy) is 1. The third-order valence-corrected chi connectivity index (χ3v) is 3.15. The molecule has 0 aromatic heterocycles. The normalized spacial score (nSPS) is 13.1. The number of halogens is 1. The summed E-state index contributed by atoms with van der Waals surface area (Å²) < 4.78 is 18.4. The molecule has 0 bridgehead atoms. The molecule has 0 aliphatic rings. The van der Waals surface area contributed by atoms with Gasteiger partial charge in [0.25, 0.3) is 0 Å². The Bertz CT molecular complexity index is 461. The Balaban J connectivity index is 2.56. The summed E-state index contributed by atoms with van der Waals surface area (Å²) >= 11 is 0. The molecule has 1 unspecified atom stereocenters. The Labute approximate surface area is 121 Å². The number of benzene rings is 1. The van der Waals surface area contributed by atoms with E-state index in [1.165, 1.54) is 13.2 Å². The van der Waals surface area contributed by atoms with E-state index in [-0.39, 0.29) is 23.4 Å². The van der Waals surface area contributed by atoms with E-state index in [0.717, 1.165) is 6.42 Å². The molecule has 0 saturated carbocycles. The van der Waals surface area contributed by atoms with Crippen molar-refractivity contribution >= 4 is 5.78 Å². The monoisotopic (exact) mass is 280 g/mol. The fourth-order valence-electron chi connectivity index (χ4n) is 2.63. The molecule has 1 rings (SSSR count). The Morgan fingerprint density at radius 3 is 2.50 bits per heavy atom. The van der Waals surface area contributed by atoms with Crippen molar-refractivity contribution in [3.63, 3.8) is 0 Å². The van der Waals surface area contributed by atoms with Gasteiger partial charge in [0.2, 0.25) is 0 Å². The van der Waals surface area contributed by atoms with Crippen LogP contribution in [0.25, 0.3) is 0 Å². The van der Waals surface area contributed by atoms with Crippen LogP contribution >= 0.6 is 0 Å². The van der Waals surface area contributed by atoms with Crippen molar-refractivity contribution in [3.8, 4) is 5.75 Å². The lowest BCUT2D eigenvalue weighted by atomic mass is 9.83. The number of rotatable bonds is 6. The van der Waals surface area contributed by atoms with Crippen LogP contribution in [-0.4, -0.2) is 12.9 Å². The maximum absolute atomic E-state index is 13.5. The highest BCUT2D eigenvalue weighted by Crippen LogP contribution is 2.26. The molecule has 2 nitrogen and oxygen atoms in total. The van der Waals surface area contributed by atoms with Crippen LogP contribution in [0.3, 0.4) is 0 Å². The van der Waals surface area contributed by atoms with Crippen molar-refractivity contribution in [2.24, 2.45) is 11.3 Å². The molecule has 112 valence electrons. The van der Waals surface area contributed by atoms with E-state index in [1.54, 1.807) is 12.1 Å². The van der Waals surface area contributed by atoms with Crippen LogP contribution in [0.4, 0.5) is 4.39 Å². The third-order valence-electron chi connectivity index (χ3n) is 3.15. The maximum atomic E-state index is 13.5. The van der Waals surface area contributed by atoms with Gasteiger partial charge < -0.3 is 4.74 Å². The van der Waals surface area contributed by atoms with E-state index >= 15 is 0 Å². The molecule has 1 aromatic rings. The predicted molar refractivity (Wildman–Crippen MR) is 79.5 cm³/mol. The van der Waals surface area contributed by atoms with Crippen LogP contribution in [0, 0.1) is 17.2 Å². The number of methoxy groups -OCH3 is 1. The van der Waals surface area contributed by atoms with Gasteiger partial charge in [-0.05, 0) is 35.4 Å². The first-order chi connectivity index (χ1) is 9.21. The summed E-state index contributed by atoms with van der Waals surface area (Å²) in [6.07, 6.45) is 1.84. The molecule has 20 heavy (non-hydrogen) atoms. The summed E-state index contributed by atoms with van der Waals surface area (Å²) in [6, 6.07) is 4.69. The van der Waals surface area contributed by atoms with Crippen LogP contribution in [0.1, 0.15) is 46.1 Å². The highest BCUT2D eigenvalue weighted by molar-refractivity contribution is 5.81. The summed E-state index contributed by atoms with van der Waals surface area (Å²) in [5.41, 5.74) is 0.933. The van der Waals surface area contributed by atoms with Gasteiger partial charge in [0, 0.05) is 12.8 Å². The number of Topliss-reactive ketones (excluding diaryl/α,β-unsaturated/α-hetero) is 1. The zero-order valence-electron chi connectivity index (χ0n) is 13.1. The smallest absolute Gasteiger partial charge is 0.165 e. The van der Waals surface area contributed by atoms with Gasteiger partial charge in [-0.25, -0.2) is 4.39 Å².